The Morgan fingerprint density at radius 2 is 2.32 bits per heavy atom. The van der Waals surface area contributed by atoms with E-state index in [1.165, 1.54) is 17.4 Å². The highest BCUT2D eigenvalue weighted by Gasteiger charge is 2.06. The van der Waals surface area contributed by atoms with E-state index in [0.717, 1.165) is 0 Å². The van der Waals surface area contributed by atoms with Crippen LogP contribution in [0.1, 0.15) is 12.1 Å². The van der Waals surface area contributed by atoms with Gasteiger partial charge in [-0.05, 0) is 34.1 Å². The van der Waals surface area contributed by atoms with Gasteiger partial charge in [-0.2, -0.15) is 0 Å². The highest BCUT2D eigenvalue weighted by Crippen LogP contribution is 2.24. The van der Waals surface area contributed by atoms with Gasteiger partial charge in [0.15, 0.2) is 5.13 Å². The summed E-state index contributed by atoms with van der Waals surface area (Å²) in [5.41, 5.74) is 1.31. The Bertz CT molecular complexity index is 603. The number of halogens is 2. The van der Waals surface area contributed by atoms with Crippen molar-refractivity contribution in [3.8, 4) is 0 Å². The first-order valence-corrected chi connectivity index (χ1v) is 7.10. The molecule has 2 rings (SSSR count). The molecule has 0 radical (unpaired) electrons. The van der Waals surface area contributed by atoms with Gasteiger partial charge < -0.3 is 10.4 Å². The number of hydrogen-bond donors (Lipinski definition) is 2. The topological polar surface area (TPSA) is 62.2 Å². The largest absolute Gasteiger partial charge is 0.481 e. The fraction of sp³-hybridized carbons (Fsp3) is 0.167. The number of aromatic nitrogens is 1. The van der Waals surface area contributed by atoms with Crippen LogP contribution in [0.5, 0.6) is 0 Å². The van der Waals surface area contributed by atoms with Crippen LogP contribution in [0.2, 0.25) is 0 Å². The third kappa shape index (κ3) is 4.00. The fourth-order valence-electron chi connectivity index (χ4n) is 1.41. The smallest absolute Gasteiger partial charge is 0.303 e. The maximum Gasteiger partial charge on any atom is 0.303 e. The molecule has 0 fully saturated rings. The number of nitrogens with zero attached hydrogens (tertiary/aromatic N) is 1. The number of carboxylic acids is 1. The average Bonchev–Trinajstić information content (AvgIpc) is 2.79. The Morgan fingerprint density at radius 3 is 3.00 bits per heavy atom. The summed E-state index contributed by atoms with van der Waals surface area (Å²) in [7, 11) is 0. The van der Waals surface area contributed by atoms with Gasteiger partial charge in [0.25, 0.3) is 0 Å². The van der Waals surface area contributed by atoms with Gasteiger partial charge in [-0.3, -0.25) is 4.79 Å². The number of rotatable bonds is 5. The van der Waals surface area contributed by atoms with E-state index < -0.39 is 5.97 Å². The lowest BCUT2D eigenvalue weighted by atomic mass is 10.2. The Balaban J connectivity index is 2.02. The maximum atomic E-state index is 13.3. The molecule has 0 bridgehead atoms. The Labute approximate surface area is 121 Å². The van der Waals surface area contributed by atoms with Crippen molar-refractivity contribution < 1.29 is 14.3 Å². The highest BCUT2D eigenvalue weighted by molar-refractivity contribution is 9.10. The summed E-state index contributed by atoms with van der Waals surface area (Å²) in [5.74, 6) is -1.20. The van der Waals surface area contributed by atoms with Crippen molar-refractivity contribution in [1.29, 1.82) is 0 Å². The molecule has 1 aromatic carbocycles. The molecule has 2 N–H and O–H groups in total. The standard InChI is InChI=1S/C12H10BrFN2O2S/c13-9-3-1-7(5-10(9)14)15-12-16-8(6-19-12)2-4-11(17)18/h1,3,5-6H,2,4H2,(H,15,16)(H,17,18). The summed E-state index contributed by atoms with van der Waals surface area (Å²) in [5, 5.41) is 14.0. The predicted octanol–water partition coefficient (Wildman–Crippen LogP) is 3.81. The second-order valence-corrected chi connectivity index (χ2v) is 5.50. The molecule has 0 aliphatic rings. The second-order valence-electron chi connectivity index (χ2n) is 3.79. The molecular formula is C12H10BrFN2O2S. The summed E-state index contributed by atoms with van der Waals surface area (Å²) in [6, 6.07) is 4.70. The third-order valence-electron chi connectivity index (χ3n) is 2.32. The lowest BCUT2D eigenvalue weighted by Gasteiger charge is -2.03. The molecule has 0 saturated heterocycles. The Morgan fingerprint density at radius 1 is 1.53 bits per heavy atom. The minimum Gasteiger partial charge on any atom is -0.481 e. The van der Waals surface area contributed by atoms with Crippen LogP contribution in [-0.2, 0) is 11.2 Å². The number of anilines is 2. The van der Waals surface area contributed by atoms with Crippen LogP contribution >= 0.6 is 27.3 Å². The van der Waals surface area contributed by atoms with Crippen molar-refractivity contribution in [2.75, 3.05) is 5.32 Å². The number of aliphatic carboxylic acids is 1. The molecule has 100 valence electrons. The number of benzene rings is 1. The van der Waals surface area contributed by atoms with Gasteiger partial charge >= 0.3 is 5.97 Å². The number of hydrogen-bond acceptors (Lipinski definition) is 4. The molecule has 0 spiro atoms. The molecule has 0 amide bonds. The minimum atomic E-state index is -0.850. The van der Waals surface area contributed by atoms with Gasteiger partial charge in [-0.25, -0.2) is 9.37 Å². The van der Waals surface area contributed by atoms with Gasteiger partial charge in [0, 0.05) is 17.5 Å². The summed E-state index contributed by atoms with van der Waals surface area (Å²) in [6.45, 7) is 0. The summed E-state index contributed by atoms with van der Waals surface area (Å²) >= 11 is 4.44. The summed E-state index contributed by atoms with van der Waals surface area (Å²) in [4.78, 5) is 14.7. The quantitative estimate of drug-likeness (QED) is 0.865. The van der Waals surface area contributed by atoms with Gasteiger partial charge in [0.1, 0.15) is 5.82 Å². The molecule has 1 heterocycles. The number of thiazole rings is 1. The van der Waals surface area contributed by atoms with Crippen molar-refractivity contribution in [2.45, 2.75) is 12.8 Å². The maximum absolute atomic E-state index is 13.3. The Hall–Kier alpha value is -1.47. The van der Waals surface area contributed by atoms with Gasteiger partial charge in [0.2, 0.25) is 0 Å². The van der Waals surface area contributed by atoms with Crippen molar-refractivity contribution in [3.63, 3.8) is 0 Å². The number of aryl methyl sites for hydroxylation is 1. The first-order valence-electron chi connectivity index (χ1n) is 5.43. The number of nitrogens with one attached hydrogen (secondary N) is 1. The van der Waals surface area contributed by atoms with Crippen LogP contribution in [0.25, 0.3) is 0 Å². The van der Waals surface area contributed by atoms with Crippen LogP contribution < -0.4 is 5.32 Å². The summed E-state index contributed by atoms with van der Waals surface area (Å²) < 4.78 is 13.7. The van der Waals surface area contributed by atoms with E-state index in [1.807, 2.05) is 0 Å². The van der Waals surface area contributed by atoms with E-state index in [0.29, 0.717) is 27.4 Å². The van der Waals surface area contributed by atoms with Crippen molar-refractivity contribution in [3.05, 3.63) is 39.6 Å². The van der Waals surface area contributed by atoms with Crippen molar-refractivity contribution in [1.82, 2.24) is 4.98 Å². The van der Waals surface area contributed by atoms with Crippen LogP contribution in [-0.4, -0.2) is 16.1 Å². The SMILES string of the molecule is O=C(O)CCc1csc(Nc2ccc(Br)c(F)c2)n1. The fourth-order valence-corrected chi connectivity index (χ4v) is 2.42. The van der Waals surface area contributed by atoms with E-state index in [2.05, 4.69) is 26.2 Å². The molecule has 1 aromatic heterocycles. The van der Waals surface area contributed by atoms with Crippen LogP contribution in [0.3, 0.4) is 0 Å². The van der Waals surface area contributed by atoms with Gasteiger partial charge in [0.05, 0.1) is 16.6 Å². The minimum absolute atomic E-state index is 0.0517. The third-order valence-corrected chi connectivity index (χ3v) is 3.77. The zero-order valence-corrected chi connectivity index (χ0v) is 12.1. The first kappa shape index (κ1) is 14.0. The van der Waals surface area contributed by atoms with Crippen LogP contribution in [0.15, 0.2) is 28.1 Å². The molecule has 0 unspecified atom stereocenters. The lowest BCUT2D eigenvalue weighted by Crippen LogP contribution is -1.98. The van der Waals surface area contributed by atoms with E-state index in [1.54, 1.807) is 17.5 Å². The van der Waals surface area contributed by atoms with Crippen molar-refractivity contribution in [2.24, 2.45) is 0 Å². The molecule has 0 aliphatic heterocycles. The van der Waals surface area contributed by atoms with E-state index in [9.17, 15) is 9.18 Å². The molecule has 0 aliphatic carbocycles. The van der Waals surface area contributed by atoms with E-state index in [4.69, 9.17) is 5.11 Å². The average molecular weight is 345 g/mol. The first-order chi connectivity index (χ1) is 9.04. The molecule has 7 heteroatoms. The molecule has 0 atom stereocenters. The molecule has 2 aromatic rings. The van der Waals surface area contributed by atoms with E-state index >= 15 is 0 Å². The van der Waals surface area contributed by atoms with Crippen molar-refractivity contribution >= 4 is 44.1 Å². The Kier molecular flexibility index (Phi) is 4.49. The molecule has 4 nitrogen and oxygen atoms in total. The lowest BCUT2D eigenvalue weighted by molar-refractivity contribution is -0.136. The highest BCUT2D eigenvalue weighted by atomic mass is 79.9. The zero-order valence-electron chi connectivity index (χ0n) is 9.69. The molecule has 19 heavy (non-hydrogen) atoms. The normalized spacial score (nSPS) is 10.4. The van der Waals surface area contributed by atoms with Gasteiger partial charge in [-0.15, -0.1) is 11.3 Å². The van der Waals surface area contributed by atoms with Crippen LogP contribution in [0, 0.1) is 5.82 Å². The van der Waals surface area contributed by atoms with Gasteiger partial charge in [-0.1, -0.05) is 0 Å². The number of carbonyl (C=O) groups is 1. The zero-order chi connectivity index (χ0) is 13.8. The molecule has 0 saturated carbocycles. The monoisotopic (exact) mass is 344 g/mol. The van der Waals surface area contributed by atoms with E-state index in [-0.39, 0.29) is 12.2 Å². The predicted molar refractivity (Wildman–Crippen MR) is 75.5 cm³/mol. The summed E-state index contributed by atoms with van der Waals surface area (Å²) in [6.07, 6.45) is 0.443. The second kappa shape index (κ2) is 6.12. The molecular weight excluding hydrogens is 335 g/mol. The number of carboxylic acid groups (broad SMARTS) is 1. The van der Waals surface area contributed by atoms with Crippen LogP contribution in [0.4, 0.5) is 15.2 Å².